The van der Waals surface area contributed by atoms with Crippen LogP contribution in [0.3, 0.4) is 0 Å². The molecule has 1 aliphatic carbocycles. The Morgan fingerprint density at radius 3 is 2.58 bits per heavy atom. The molecule has 1 atom stereocenters. The molecule has 2 N–H and O–H groups in total. The van der Waals surface area contributed by atoms with Gasteiger partial charge in [0, 0.05) is 18.7 Å². The maximum absolute atomic E-state index is 8.73. The molecule has 2 nitrogen and oxygen atoms in total. The lowest BCUT2D eigenvalue weighted by Crippen LogP contribution is -2.38. The van der Waals surface area contributed by atoms with Crippen LogP contribution in [0.25, 0.3) is 0 Å². The van der Waals surface area contributed by atoms with Crippen molar-refractivity contribution < 1.29 is 5.11 Å². The van der Waals surface area contributed by atoms with Crippen LogP contribution in [-0.4, -0.2) is 23.8 Å². The Bertz CT molecular complexity index is 110. The van der Waals surface area contributed by atoms with E-state index in [0.717, 1.165) is 12.5 Å². The number of rotatable bonds is 4. The van der Waals surface area contributed by atoms with Gasteiger partial charge in [0.25, 0.3) is 0 Å². The first-order valence-electron chi connectivity index (χ1n) is 5.20. The summed E-state index contributed by atoms with van der Waals surface area (Å²) in [6, 6.07) is 1.21. The van der Waals surface area contributed by atoms with Gasteiger partial charge >= 0.3 is 0 Å². The Kier molecular flexibility index (Phi) is 4.62. The smallest absolute Gasteiger partial charge is 0.0445 e. The largest absolute Gasteiger partial charge is 0.396 e. The topological polar surface area (TPSA) is 32.3 Å². The quantitative estimate of drug-likeness (QED) is 0.674. The van der Waals surface area contributed by atoms with Crippen LogP contribution in [0.5, 0.6) is 0 Å². The number of hydrogen-bond donors (Lipinski definition) is 2. The van der Waals surface area contributed by atoms with Crippen molar-refractivity contribution in [1.29, 1.82) is 0 Å². The molecule has 0 amide bonds. The fourth-order valence-electron chi connectivity index (χ4n) is 1.95. The van der Waals surface area contributed by atoms with E-state index in [-0.39, 0.29) is 0 Å². The third kappa shape index (κ3) is 3.55. The lowest BCUT2D eigenvalue weighted by Gasteiger charge is -2.26. The predicted molar refractivity (Wildman–Crippen MR) is 51.2 cm³/mol. The van der Waals surface area contributed by atoms with Crippen LogP contribution in [0.2, 0.25) is 0 Å². The maximum Gasteiger partial charge on any atom is 0.0445 e. The summed E-state index contributed by atoms with van der Waals surface area (Å²) in [5.74, 6) is 0. The first-order valence-corrected chi connectivity index (χ1v) is 5.20. The molecule has 12 heavy (non-hydrogen) atoms. The molecule has 1 saturated carbocycles. The molecule has 0 spiro atoms. The van der Waals surface area contributed by atoms with E-state index < -0.39 is 0 Å². The molecule has 0 saturated heterocycles. The third-order valence-corrected chi connectivity index (χ3v) is 2.69. The maximum atomic E-state index is 8.73. The van der Waals surface area contributed by atoms with Crippen molar-refractivity contribution in [2.45, 2.75) is 57.5 Å². The van der Waals surface area contributed by atoms with Crippen LogP contribution in [0, 0.1) is 0 Å². The van der Waals surface area contributed by atoms with Gasteiger partial charge in [-0.25, -0.2) is 0 Å². The molecule has 1 fully saturated rings. The molecular formula is C10H21NO. The molecule has 0 heterocycles. The molecule has 1 rings (SSSR count). The fourth-order valence-corrected chi connectivity index (χ4v) is 1.95. The molecule has 0 aromatic heterocycles. The van der Waals surface area contributed by atoms with Gasteiger partial charge in [-0.1, -0.05) is 19.3 Å². The summed E-state index contributed by atoms with van der Waals surface area (Å²) in [7, 11) is 0. The summed E-state index contributed by atoms with van der Waals surface area (Å²) in [4.78, 5) is 0. The lowest BCUT2D eigenvalue weighted by molar-refractivity contribution is 0.253. The monoisotopic (exact) mass is 171 g/mol. The first kappa shape index (κ1) is 10.0. The molecule has 0 bridgehead atoms. The summed E-state index contributed by atoms with van der Waals surface area (Å²) in [5.41, 5.74) is 0. The highest BCUT2D eigenvalue weighted by molar-refractivity contribution is 4.74. The zero-order valence-electron chi connectivity index (χ0n) is 8.05. The molecule has 72 valence electrons. The zero-order chi connectivity index (χ0) is 8.81. The average Bonchev–Trinajstić information content (AvgIpc) is 2.06. The summed E-state index contributed by atoms with van der Waals surface area (Å²) in [6.45, 7) is 2.46. The SMILES string of the molecule is CC(CCO)NC1CCCCC1. The van der Waals surface area contributed by atoms with Gasteiger partial charge in [0.05, 0.1) is 0 Å². The van der Waals surface area contributed by atoms with Crippen molar-refractivity contribution in [3.8, 4) is 0 Å². The minimum Gasteiger partial charge on any atom is -0.396 e. The summed E-state index contributed by atoms with van der Waals surface area (Å²) >= 11 is 0. The molecule has 0 aliphatic heterocycles. The van der Waals surface area contributed by atoms with E-state index in [1.54, 1.807) is 0 Å². The zero-order valence-corrected chi connectivity index (χ0v) is 8.05. The van der Waals surface area contributed by atoms with Crippen molar-refractivity contribution >= 4 is 0 Å². The van der Waals surface area contributed by atoms with Gasteiger partial charge in [0.15, 0.2) is 0 Å². The lowest BCUT2D eigenvalue weighted by atomic mass is 9.95. The van der Waals surface area contributed by atoms with Gasteiger partial charge in [-0.2, -0.15) is 0 Å². The van der Waals surface area contributed by atoms with E-state index in [1.807, 2.05) is 0 Å². The van der Waals surface area contributed by atoms with E-state index in [4.69, 9.17) is 5.11 Å². The highest BCUT2D eigenvalue weighted by Crippen LogP contribution is 2.17. The number of aliphatic hydroxyl groups excluding tert-OH is 1. The second kappa shape index (κ2) is 5.55. The third-order valence-electron chi connectivity index (χ3n) is 2.69. The standard InChI is InChI=1S/C10H21NO/c1-9(7-8-12)11-10-5-3-2-4-6-10/h9-12H,2-8H2,1H3. The van der Waals surface area contributed by atoms with Crippen LogP contribution >= 0.6 is 0 Å². The van der Waals surface area contributed by atoms with E-state index >= 15 is 0 Å². The molecule has 2 heteroatoms. The van der Waals surface area contributed by atoms with E-state index in [9.17, 15) is 0 Å². The van der Waals surface area contributed by atoms with Crippen molar-refractivity contribution in [2.75, 3.05) is 6.61 Å². The van der Waals surface area contributed by atoms with Crippen molar-refractivity contribution in [2.24, 2.45) is 0 Å². The highest BCUT2D eigenvalue weighted by atomic mass is 16.3. The van der Waals surface area contributed by atoms with E-state index in [0.29, 0.717) is 12.6 Å². The van der Waals surface area contributed by atoms with Gasteiger partial charge in [0.2, 0.25) is 0 Å². The first-order chi connectivity index (χ1) is 5.83. The number of nitrogens with one attached hydrogen (secondary N) is 1. The Morgan fingerprint density at radius 1 is 1.33 bits per heavy atom. The van der Waals surface area contributed by atoms with Gasteiger partial charge in [-0.05, 0) is 26.2 Å². The minimum absolute atomic E-state index is 0.306. The van der Waals surface area contributed by atoms with E-state index in [2.05, 4.69) is 12.2 Å². The second-order valence-corrected chi connectivity index (χ2v) is 3.91. The Morgan fingerprint density at radius 2 is 2.00 bits per heavy atom. The molecule has 0 aromatic carbocycles. The molecular weight excluding hydrogens is 150 g/mol. The van der Waals surface area contributed by atoms with Crippen molar-refractivity contribution in [1.82, 2.24) is 5.32 Å². The molecule has 1 unspecified atom stereocenters. The Balaban J connectivity index is 2.11. The van der Waals surface area contributed by atoms with Gasteiger partial charge in [0.1, 0.15) is 0 Å². The molecule has 0 radical (unpaired) electrons. The minimum atomic E-state index is 0.306. The van der Waals surface area contributed by atoms with E-state index in [1.165, 1.54) is 32.1 Å². The molecule has 0 aromatic rings. The van der Waals surface area contributed by atoms with Gasteiger partial charge < -0.3 is 10.4 Å². The number of hydrogen-bond acceptors (Lipinski definition) is 2. The van der Waals surface area contributed by atoms with Crippen LogP contribution in [-0.2, 0) is 0 Å². The summed E-state index contributed by atoms with van der Waals surface area (Å²) < 4.78 is 0. The Labute approximate surface area is 75.4 Å². The van der Waals surface area contributed by atoms with Crippen LogP contribution in [0.1, 0.15) is 45.4 Å². The summed E-state index contributed by atoms with van der Waals surface area (Å²) in [6.07, 6.45) is 7.71. The fraction of sp³-hybridized carbons (Fsp3) is 1.00. The molecule has 1 aliphatic rings. The number of aliphatic hydroxyl groups is 1. The van der Waals surface area contributed by atoms with Crippen LogP contribution < -0.4 is 5.32 Å². The second-order valence-electron chi connectivity index (χ2n) is 3.91. The average molecular weight is 171 g/mol. The Hall–Kier alpha value is -0.0800. The van der Waals surface area contributed by atoms with Gasteiger partial charge in [-0.15, -0.1) is 0 Å². The van der Waals surface area contributed by atoms with Crippen molar-refractivity contribution in [3.05, 3.63) is 0 Å². The van der Waals surface area contributed by atoms with Crippen LogP contribution in [0.4, 0.5) is 0 Å². The highest BCUT2D eigenvalue weighted by Gasteiger charge is 2.14. The summed E-state index contributed by atoms with van der Waals surface area (Å²) in [5, 5.41) is 12.3. The normalized spacial score (nSPS) is 22.5. The predicted octanol–water partition coefficient (Wildman–Crippen LogP) is 1.68. The van der Waals surface area contributed by atoms with Gasteiger partial charge in [-0.3, -0.25) is 0 Å². The van der Waals surface area contributed by atoms with Crippen molar-refractivity contribution in [3.63, 3.8) is 0 Å². The van der Waals surface area contributed by atoms with Crippen LogP contribution in [0.15, 0.2) is 0 Å².